The first kappa shape index (κ1) is 11.6. The maximum atomic E-state index is 10.9. The number of hydrogen-bond acceptors (Lipinski definition) is 3. The molecule has 2 aromatic rings. The number of nitriles is 1. The average molecular weight is 244 g/mol. The lowest BCUT2D eigenvalue weighted by Crippen LogP contribution is -1.98. The molecule has 0 radical (unpaired) electrons. The Balaban J connectivity index is 2.72. The third kappa shape index (κ3) is 1.79. The highest BCUT2D eigenvalue weighted by molar-refractivity contribution is 7.14. The third-order valence-electron chi connectivity index (χ3n) is 2.76. The minimum atomic E-state index is 0.659. The monoisotopic (exact) mass is 244 g/mol. The predicted octanol–water partition coefficient (Wildman–Crippen LogP) is 3.15. The molecule has 0 saturated heterocycles. The van der Waals surface area contributed by atoms with E-state index in [9.17, 15) is 4.79 Å². The fraction of sp³-hybridized carbons (Fsp3) is 0.231. The molecule has 0 bridgehead atoms. The Bertz CT molecular complexity index is 629. The van der Waals surface area contributed by atoms with Crippen LogP contribution in [0.4, 0.5) is 0 Å². The number of aldehydes is 1. The van der Waals surface area contributed by atoms with Crippen LogP contribution < -0.4 is 0 Å². The summed E-state index contributed by atoms with van der Waals surface area (Å²) in [6, 6.07) is 5.92. The Hall–Kier alpha value is -1.86. The molecule has 0 saturated carbocycles. The second-order valence-corrected chi connectivity index (χ2v) is 5.20. The molecule has 0 spiro atoms. The first-order valence-electron chi connectivity index (χ1n) is 5.23. The van der Waals surface area contributed by atoms with Crippen LogP contribution in [0.5, 0.6) is 0 Å². The molecule has 0 atom stereocenters. The lowest BCUT2D eigenvalue weighted by Gasteiger charge is -2.06. The van der Waals surface area contributed by atoms with Gasteiger partial charge in [0.2, 0.25) is 0 Å². The summed E-state index contributed by atoms with van der Waals surface area (Å²) < 4.78 is 1.97. The van der Waals surface area contributed by atoms with Crippen molar-refractivity contribution in [1.82, 2.24) is 4.57 Å². The second-order valence-electron chi connectivity index (χ2n) is 3.97. The van der Waals surface area contributed by atoms with Crippen LogP contribution in [-0.2, 0) is 0 Å². The van der Waals surface area contributed by atoms with E-state index in [4.69, 9.17) is 5.26 Å². The van der Waals surface area contributed by atoms with E-state index < -0.39 is 0 Å². The van der Waals surface area contributed by atoms with Gasteiger partial charge in [-0.15, -0.1) is 11.3 Å². The van der Waals surface area contributed by atoms with Crippen LogP contribution in [-0.4, -0.2) is 10.9 Å². The van der Waals surface area contributed by atoms with Gasteiger partial charge in [0, 0.05) is 21.8 Å². The van der Waals surface area contributed by atoms with Gasteiger partial charge in [-0.1, -0.05) is 0 Å². The van der Waals surface area contributed by atoms with Gasteiger partial charge < -0.3 is 4.57 Å². The molecule has 0 fully saturated rings. The van der Waals surface area contributed by atoms with Gasteiger partial charge in [0.15, 0.2) is 6.29 Å². The van der Waals surface area contributed by atoms with Gasteiger partial charge in [-0.3, -0.25) is 4.79 Å². The van der Waals surface area contributed by atoms with Crippen LogP contribution in [0.3, 0.4) is 0 Å². The van der Waals surface area contributed by atoms with Crippen LogP contribution in [0.2, 0.25) is 0 Å². The SMILES string of the molecule is Cc1cc(C#N)c(-n2c(C)cc(C=O)c2C)s1. The molecular weight excluding hydrogens is 232 g/mol. The second kappa shape index (κ2) is 4.19. The van der Waals surface area contributed by atoms with E-state index in [1.807, 2.05) is 37.5 Å². The molecule has 2 aromatic heterocycles. The third-order valence-corrected chi connectivity index (χ3v) is 3.79. The average Bonchev–Trinajstić information content (AvgIpc) is 2.79. The fourth-order valence-electron chi connectivity index (χ4n) is 1.97. The lowest BCUT2D eigenvalue weighted by atomic mass is 10.3. The summed E-state index contributed by atoms with van der Waals surface area (Å²) in [7, 11) is 0. The molecule has 2 heterocycles. The Morgan fingerprint density at radius 1 is 1.35 bits per heavy atom. The number of aromatic nitrogens is 1. The summed E-state index contributed by atoms with van der Waals surface area (Å²) in [4.78, 5) is 12.0. The van der Waals surface area contributed by atoms with Crippen molar-refractivity contribution in [2.24, 2.45) is 0 Å². The number of hydrogen-bond donors (Lipinski definition) is 0. The highest BCUT2D eigenvalue weighted by Crippen LogP contribution is 2.29. The first-order valence-corrected chi connectivity index (χ1v) is 6.05. The van der Waals surface area contributed by atoms with Crippen molar-refractivity contribution in [3.05, 3.63) is 39.5 Å². The van der Waals surface area contributed by atoms with Crippen LogP contribution in [0.25, 0.3) is 5.00 Å². The van der Waals surface area contributed by atoms with Crippen LogP contribution in [0, 0.1) is 32.1 Å². The van der Waals surface area contributed by atoms with E-state index in [0.29, 0.717) is 11.1 Å². The zero-order chi connectivity index (χ0) is 12.6. The molecule has 0 unspecified atom stereocenters. The highest BCUT2D eigenvalue weighted by Gasteiger charge is 2.15. The summed E-state index contributed by atoms with van der Waals surface area (Å²) >= 11 is 1.57. The maximum absolute atomic E-state index is 10.9. The topological polar surface area (TPSA) is 45.8 Å². The molecular formula is C13H12N2OS. The largest absolute Gasteiger partial charge is 0.308 e. The minimum absolute atomic E-state index is 0.659. The fourth-order valence-corrected chi connectivity index (χ4v) is 3.04. The van der Waals surface area contributed by atoms with Gasteiger partial charge >= 0.3 is 0 Å². The molecule has 3 nitrogen and oxygen atoms in total. The van der Waals surface area contributed by atoms with Crippen molar-refractivity contribution >= 4 is 17.6 Å². The Labute approximate surface area is 104 Å². The first-order chi connectivity index (χ1) is 8.08. The molecule has 0 N–H and O–H groups in total. The summed E-state index contributed by atoms with van der Waals surface area (Å²) in [5.74, 6) is 0. The van der Waals surface area contributed by atoms with E-state index in [1.165, 1.54) is 0 Å². The highest BCUT2D eigenvalue weighted by atomic mass is 32.1. The van der Waals surface area contributed by atoms with Gasteiger partial charge in [-0.05, 0) is 32.9 Å². The predicted molar refractivity (Wildman–Crippen MR) is 68.0 cm³/mol. The summed E-state index contributed by atoms with van der Waals surface area (Å²) in [5, 5.41) is 10.0. The summed E-state index contributed by atoms with van der Waals surface area (Å²) in [6.07, 6.45) is 0.853. The Kier molecular flexibility index (Phi) is 2.86. The number of carbonyl (C=O) groups is 1. The van der Waals surface area contributed by atoms with Crippen molar-refractivity contribution in [3.63, 3.8) is 0 Å². The van der Waals surface area contributed by atoms with Crippen LogP contribution in [0.15, 0.2) is 12.1 Å². The molecule has 0 amide bonds. The summed E-state index contributed by atoms with van der Waals surface area (Å²) in [6.45, 7) is 5.81. The van der Waals surface area contributed by atoms with E-state index in [0.717, 1.165) is 27.6 Å². The van der Waals surface area contributed by atoms with Crippen molar-refractivity contribution in [2.75, 3.05) is 0 Å². The van der Waals surface area contributed by atoms with Crippen LogP contribution >= 0.6 is 11.3 Å². The normalized spacial score (nSPS) is 10.2. The van der Waals surface area contributed by atoms with Crippen LogP contribution in [0.1, 0.15) is 32.2 Å². The number of aryl methyl sites for hydroxylation is 2. The molecule has 4 heteroatoms. The smallest absolute Gasteiger partial charge is 0.151 e. The quantitative estimate of drug-likeness (QED) is 0.762. The Morgan fingerprint density at radius 3 is 2.59 bits per heavy atom. The van der Waals surface area contributed by atoms with Gasteiger partial charge in [0.1, 0.15) is 11.1 Å². The summed E-state index contributed by atoms with van der Waals surface area (Å²) in [5.41, 5.74) is 3.20. The van der Waals surface area contributed by atoms with E-state index in [2.05, 4.69) is 6.07 Å². The van der Waals surface area contributed by atoms with Gasteiger partial charge in [-0.2, -0.15) is 5.26 Å². The zero-order valence-electron chi connectivity index (χ0n) is 9.94. The standard InChI is InChI=1S/C13H12N2OS/c1-8-4-12(7-16)10(3)15(8)13-11(6-14)5-9(2)17-13/h4-5,7H,1-3H3. The van der Waals surface area contributed by atoms with Gasteiger partial charge in [0.25, 0.3) is 0 Å². The van der Waals surface area contributed by atoms with Crippen molar-refractivity contribution in [2.45, 2.75) is 20.8 Å². The molecule has 86 valence electrons. The molecule has 17 heavy (non-hydrogen) atoms. The molecule has 0 aliphatic rings. The van der Waals surface area contributed by atoms with Crippen molar-refractivity contribution < 1.29 is 4.79 Å². The number of thiophene rings is 1. The van der Waals surface area contributed by atoms with Gasteiger partial charge in [-0.25, -0.2) is 0 Å². The number of nitrogens with zero attached hydrogens (tertiary/aromatic N) is 2. The lowest BCUT2D eigenvalue weighted by molar-refractivity contribution is 0.112. The zero-order valence-corrected chi connectivity index (χ0v) is 10.8. The van der Waals surface area contributed by atoms with E-state index >= 15 is 0 Å². The molecule has 2 rings (SSSR count). The maximum Gasteiger partial charge on any atom is 0.151 e. The number of carbonyl (C=O) groups excluding carboxylic acids is 1. The minimum Gasteiger partial charge on any atom is -0.308 e. The molecule has 0 aromatic carbocycles. The van der Waals surface area contributed by atoms with E-state index in [1.54, 1.807) is 11.3 Å². The van der Waals surface area contributed by atoms with Gasteiger partial charge in [0.05, 0.1) is 5.56 Å². The van der Waals surface area contributed by atoms with Crippen molar-refractivity contribution in [3.8, 4) is 11.1 Å². The number of rotatable bonds is 2. The van der Waals surface area contributed by atoms with E-state index in [-0.39, 0.29) is 0 Å². The van der Waals surface area contributed by atoms with Crippen molar-refractivity contribution in [1.29, 1.82) is 5.26 Å². The Morgan fingerprint density at radius 2 is 2.06 bits per heavy atom. The molecule has 0 aliphatic carbocycles. The molecule has 0 aliphatic heterocycles.